The lowest BCUT2D eigenvalue weighted by molar-refractivity contribution is 0.415. The lowest BCUT2D eigenvalue weighted by Crippen LogP contribution is -1.81. The summed E-state index contributed by atoms with van der Waals surface area (Å²) >= 11 is 0. The average Bonchev–Trinajstić information content (AvgIpc) is 2.38. The second-order valence-electron chi connectivity index (χ2n) is 3.28. The summed E-state index contributed by atoms with van der Waals surface area (Å²) in [6.07, 6.45) is 7.42. The fourth-order valence-electron chi connectivity index (χ4n) is 1.31. The van der Waals surface area contributed by atoms with E-state index < -0.39 is 0 Å². The Bertz CT molecular complexity index is 463. The van der Waals surface area contributed by atoms with Gasteiger partial charge in [0.1, 0.15) is 5.75 Å². The van der Waals surface area contributed by atoms with E-state index in [1.165, 1.54) is 0 Å². The van der Waals surface area contributed by atoms with Crippen LogP contribution in [0.3, 0.4) is 0 Å². The number of rotatable bonds is 3. The van der Waals surface area contributed by atoms with Crippen LogP contribution < -0.4 is 4.74 Å². The van der Waals surface area contributed by atoms with Crippen LogP contribution >= 0.6 is 0 Å². The van der Waals surface area contributed by atoms with Gasteiger partial charge in [-0.2, -0.15) is 10.2 Å². The molecule has 80 valence electrons. The second-order valence-corrected chi connectivity index (χ2v) is 3.28. The first-order chi connectivity index (χ1) is 7.88. The predicted octanol–water partition coefficient (Wildman–Crippen LogP) is 2.66. The molecule has 0 saturated carbocycles. The molecule has 0 spiro atoms. The Morgan fingerprint density at radius 2 is 1.69 bits per heavy atom. The van der Waals surface area contributed by atoms with Crippen molar-refractivity contribution in [2.45, 2.75) is 0 Å². The van der Waals surface area contributed by atoms with Gasteiger partial charge in [0.15, 0.2) is 0 Å². The third-order valence-corrected chi connectivity index (χ3v) is 2.19. The summed E-state index contributed by atoms with van der Waals surface area (Å²) in [4.78, 5) is 0. The fourth-order valence-corrected chi connectivity index (χ4v) is 1.31. The molecule has 0 radical (unpaired) electrons. The minimum atomic E-state index is 0.864. The van der Waals surface area contributed by atoms with Gasteiger partial charge >= 0.3 is 0 Å². The van der Waals surface area contributed by atoms with Gasteiger partial charge in [-0.3, -0.25) is 0 Å². The molecule has 0 fully saturated rings. The van der Waals surface area contributed by atoms with Crippen molar-refractivity contribution >= 4 is 12.2 Å². The van der Waals surface area contributed by atoms with Crippen molar-refractivity contribution in [3.05, 3.63) is 53.9 Å². The van der Waals surface area contributed by atoms with Gasteiger partial charge in [0, 0.05) is 0 Å². The number of hydrogen-bond donors (Lipinski definition) is 0. The summed E-state index contributed by atoms with van der Waals surface area (Å²) < 4.78 is 5.09. The Morgan fingerprint density at radius 3 is 2.31 bits per heavy atom. The van der Waals surface area contributed by atoms with Crippen LogP contribution in [0.5, 0.6) is 5.75 Å². The number of benzene rings is 1. The summed E-state index contributed by atoms with van der Waals surface area (Å²) in [5.74, 6) is 0.864. The maximum atomic E-state index is 5.09. The quantitative estimate of drug-likeness (QED) is 0.784. The molecule has 0 bridgehead atoms. The highest BCUT2D eigenvalue weighted by molar-refractivity contribution is 5.69. The summed E-state index contributed by atoms with van der Waals surface area (Å²) in [6, 6.07) is 9.79. The number of ether oxygens (including phenoxy) is 1. The van der Waals surface area contributed by atoms with Crippen LogP contribution in [0.1, 0.15) is 11.1 Å². The third-order valence-electron chi connectivity index (χ3n) is 2.19. The monoisotopic (exact) mass is 212 g/mol. The first kappa shape index (κ1) is 10.4. The van der Waals surface area contributed by atoms with E-state index in [0.29, 0.717) is 0 Å². The van der Waals surface area contributed by atoms with Crippen molar-refractivity contribution < 1.29 is 4.74 Å². The molecule has 0 atom stereocenters. The molecule has 0 aliphatic carbocycles. The van der Waals surface area contributed by atoms with E-state index in [9.17, 15) is 0 Å². The van der Waals surface area contributed by atoms with E-state index in [4.69, 9.17) is 4.74 Å². The van der Waals surface area contributed by atoms with E-state index in [-0.39, 0.29) is 0 Å². The normalized spacial score (nSPS) is 10.6. The van der Waals surface area contributed by atoms with Gasteiger partial charge in [-0.1, -0.05) is 24.3 Å². The number of aromatic nitrogens is 2. The Morgan fingerprint density at radius 1 is 0.938 bits per heavy atom. The van der Waals surface area contributed by atoms with Gasteiger partial charge in [-0.15, -0.1) is 0 Å². The number of hydrogen-bond acceptors (Lipinski definition) is 3. The summed E-state index contributed by atoms with van der Waals surface area (Å²) in [7, 11) is 1.66. The molecule has 3 heteroatoms. The molecule has 1 aromatic heterocycles. The first-order valence-corrected chi connectivity index (χ1v) is 4.97. The fraction of sp³-hybridized carbons (Fsp3) is 0.0769. The van der Waals surface area contributed by atoms with Crippen LogP contribution in [0.15, 0.2) is 42.7 Å². The maximum absolute atomic E-state index is 5.09. The van der Waals surface area contributed by atoms with Gasteiger partial charge < -0.3 is 4.74 Å². The lowest BCUT2D eigenvalue weighted by atomic mass is 10.2. The summed E-state index contributed by atoms with van der Waals surface area (Å²) in [6.45, 7) is 0. The zero-order chi connectivity index (χ0) is 11.2. The van der Waals surface area contributed by atoms with Gasteiger partial charge in [-0.05, 0) is 29.3 Å². The van der Waals surface area contributed by atoms with E-state index in [1.807, 2.05) is 42.5 Å². The Balaban J connectivity index is 2.12. The minimum absolute atomic E-state index is 0.864. The van der Waals surface area contributed by atoms with Crippen LogP contribution in [0.25, 0.3) is 12.2 Å². The maximum Gasteiger partial charge on any atom is 0.118 e. The highest BCUT2D eigenvalue weighted by atomic mass is 16.5. The van der Waals surface area contributed by atoms with Gasteiger partial charge in [-0.25, -0.2) is 0 Å². The Kier molecular flexibility index (Phi) is 3.28. The number of nitrogens with zero attached hydrogens (tertiary/aromatic N) is 2. The molecule has 0 saturated heterocycles. The van der Waals surface area contributed by atoms with Crippen molar-refractivity contribution in [3.63, 3.8) is 0 Å². The second kappa shape index (κ2) is 5.07. The van der Waals surface area contributed by atoms with Crippen molar-refractivity contribution in [2.24, 2.45) is 0 Å². The summed E-state index contributed by atoms with van der Waals surface area (Å²) in [5.41, 5.74) is 2.16. The van der Waals surface area contributed by atoms with Crippen LogP contribution in [0.2, 0.25) is 0 Å². The SMILES string of the molecule is COc1ccc(C=Cc2ccnnc2)cc1. The molecule has 0 amide bonds. The third kappa shape index (κ3) is 2.67. The molecule has 16 heavy (non-hydrogen) atoms. The van der Waals surface area contributed by atoms with Crippen molar-refractivity contribution in [1.82, 2.24) is 10.2 Å². The molecule has 0 unspecified atom stereocenters. The van der Waals surface area contributed by atoms with E-state index in [1.54, 1.807) is 19.5 Å². The molecule has 3 nitrogen and oxygen atoms in total. The Hall–Kier alpha value is -2.16. The molecular formula is C13H12N2O. The highest BCUT2D eigenvalue weighted by Crippen LogP contribution is 2.13. The average molecular weight is 212 g/mol. The topological polar surface area (TPSA) is 35.0 Å². The predicted molar refractivity (Wildman–Crippen MR) is 64.0 cm³/mol. The summed E-state index contributed by atoms with van der Waals surface area (Å²) in [5, 5.41) is 7.53. The first-order valence-electron chi connectivity index (χ1n) is 4.97. The Labute approximate surface area is 94.4 Å². The number of methoxy groups -OCH3 is 1. The molecule has 0 N–H and O–H groups in total. The van der Waals surface area contributed by atoms with Crippen LogP contribution in [-0.2, 0) is 0 Å². The zero-order valence-electron chi connectivity index (χ0n) is 9.00. The van der Waals surface area contributed by atoms with Crippen LogP contribution in [0, 0.1) is 0 Å². The molecule has 1 heterocycles. The molecule has 0 aliphatic heterocycles. The minimum Gasteiger partial charge on any atom is -0.497 e. The van der Waals surface area contributed by atoms with Crippen molar-refractivity contribution in [2.75, 3.05) is 7.11 Å². The lowest BCUT2D eigenvalue weighted by Gasteiger charge is -1.98. The molecule has 2 rings (SSSR count). The zero-order valence-corrected chi connectivity index (χ0v) is 9.00. The standard InChI is InChI=1S/C13H12N2O/c1-16-13-6-4-11(5-7-13)2-3-12-8-9-14-15-10-12/h2-10H,1H3. The van der Waals surface area contributed by atoms with E-state index >= 15 is 0 Å². The van der Waals surface area contributed by atoms with Crippen LogP contribution in [0.4, 0.5) is 0 Å². The molecular weight excluding hydrogens is 200 g/mol. The molecule has 1 aromatic carbocycles. The molecule has 2 aromatic rings. The smallest absolute Gasteiger partial charge is 0.118 e. The van der Waals surface area contributed by atoms with Crippen molar-refractivity contribution in [3.8, 4) is 5.75 Å². The van der Waals surface area contributed by atoms with Gasteiger partial charge in [0.2, 0.25) is 0 Å². The largest absolute Gasteiger partial charge is 0.497 e. The molecule has 0 aliphatic rings. The van der Waals surface area contributed by atoms with Crippen molar-refractivity contribution in [1.29, 1.82) is 0 Å². The van der Waals surface area contributed by atoms with Gasteiger partial charge in [0.05, 0.1) is 19.5 Å². The van der Waals surface area contributed by atoms with Gasteiger partial charge in [0.25, 0.3) is 0 Å². The van der Waals surface area contributed by atoms with E-state index in [0.717, 1.165) is 16.9 Å². The van der Waals surface area contributed by atoms with E-state index in [2.05, 4.69) is 10.2 Å². The van der Waals surface area contributed by atoms with Crippen LogP contribution in [-0.4, -0.2) is 17.3 Å². The highest BCUT2D eigenvalue weighted by Gasteiger charge is 1.90.